The molecule has 0 aliphatic carbocycles. The van der Waals surface area contributed by atoms with Crippen LogP contribution in [0.4, 0.5) is 5.69 Å². The van der Waals surface area contributed by atoms with Crippen molar-refractivity contribution in [1.29, 1.82) is 0 Å². The number of rotatable bonds is 2. The van der Waals surface area contributed by atoms with E-state index in [1.165, 1.54) is 4.31 Å². The highest BCUT2D eigenvalue weighted by Gasteiger charge is 2.40. The van der Waals surface area contributed by atoms with Gasteiger partial charge in [-0.05, 0) is 38.5 Å². The van der Waals surface area contributed by atoms with E-state index in [9.17, 15) is 8.42 Å². The van der Waals surface area contributed by atoms with E-state index in [0.29, 0.717) is 25.4 Å². The van der Waals surface area contributed by atoms with Crippen molar-refractivity contribution in [2.45, 2.75) is 31.2 Å². The molecule has 1 aliphatic rings. The molecule has 0 spiro atoms. The minimum Gasteiger partial charge on any atom is -0.398 e. The van der Waals surface area contributed by atoms with Crippen LogP contribution in [0, 0.1) is 6.92 Å². The molecule has 0 amide bonds. The van der Waals surface area contributed by atoms with Crippen molar-refractivity contribution in [3.05, 3.63) is 23.8 Å². The van der Waals surface area contributed by atoms with Gasteiger partial charge in [-0.2, -0.15) is 4.31 Å². The number of benzene rings is 1. The maximum atomic E-state index is 12.7. The SMILES string of the molecule is Cc1ccc(S(=O)(=O)N2CCOCC2(C)C)c(N)c1. The van der Waals surface area contributed by atoms with Gasteiger partial charge in [0.25, 0.3) is 0 Å². The maximum absolute atomic E-state index is 12.7. The minimum atomic E-state index is -3.59. The summed E-state index contributed by atoms with van der Waals surface area (Å²) in [7, 11) is -3.59. The smallest absolute Gasteiger partial charge is 0.245 e. The molecule has 0 atom stereocenters. The molecule has 5 nitrogen and oxygen atoms in total. The van der Waals surface area contributed by atoms with Crippen molar-refractivity contribution in [3.63, 3.8) is 0 Å². The molecule has 2 rings (SSSR count). The molecule has 1 aromatic rings. The van der Waals surface area contributed by atoms with Crippen LogP contribution in [-0.4, -0.2) is 38.0 Å². The third kappa shape index (κ3) is 2.61. The minimum absolute atomic E-state index is 0.174. The van der Waals surface area contributed by atoms with E-state index >= 15 is 0 Å². The quantitative estimate of drug-likeness (QED) is 0.833. The van der Waals surface area contributed by atoms with Gasteiger partial charge in [0.1, 0.15) is 4.90 Å². The molecule has 1 fully saturated rings. The summed E-state index contributed by atoms with van der Waals surface area (Å²) in [4.78, 5) is 0.174. The highest BCUT2D eigenvalue weighted by Crippen LogP contribution is 2.30. The van der Waals surface area contributed by atoms with E-state index in [1.54, 1.807) is 18.2 Å². The first-order valence-corrected chi connectivity index (χ1v) is 7.66. The Bertz CT molecular complexity index is 582. The van der Waals surface area contributed by atoms with Gasteiger partial charge in [0.15, 0.2) is 0 Å². The highest BCUT2D eigenvalue weighted by molar-refractivity contribution is 7.89. The number of hydrogen-bond acceptors (Lipinski definition) is 4. The maximum Gasteiger partial charge on any atom is 0.245 e. The molecular weight excluding hydrogens is 264 g/mol. The standard InChI is InChI=1S/C13H20N2O3S/c1-10-4-5-12(11(14)8-10)19(16,17)15-6-7-18-9-13(15,2)3/h4-5,8H,6-7,9,14H2,1-3H3. The van der Waals surface area contributed by atoms with Crippen LogP contribution in [0.15, 0.2) is 23.1 Å². The van der Waals surface area contributed by atoms with E-state index in [4.69, 9.17) is 10.5 Å². The number of ether oxygens (including phenoxy) is 1. The number of anilines is 1. The molecule has 0 aromatic heterocycles. The summed E-state index contributed by atoms with van der Waals surface area (Å²) in [6.07, 6.45) is 0. The van der Waals surface area contributed by atoms with Gasteiger partial charge in [-0.1, -0.05) is 6.07 Å². The second-order valence-corrected chi connectivity index (χ2v) is 7.31. The lowest BCUT2D eigenvalue weighted by Gasteiger charge is -2.40. The molecule has 1 aliphatic heterocycles. The van der Waals surface area contributed by atoms with Crippen LogP contribution in [0.1, 0.15) is 19.4 Å². The summed E-state index contributed by atoms with van der Waals surface area (Å²) in [5.41, 5.74) is 6.54. The second-order valence-electron chi connectivity index (χ2n) is 5.48. The molecule has 106 valence electrons. The number of aryl methyl sites for hydroxylation is 1. The average molecular weight is 284 g/mol. The Kier molecular flexibility index (Phi) is 3.59. The summed E-state index contributed by atoms with van der Waals surface area (Å²) in [5.74, 6) is 0. The fraction of sp³-hybridized carbons (Fsp3) is 0.538. The van der Waals surface area contributed by atoms with Gasteiger partial charge < -0.3 is 10.5 Å². The lowest BCUT2D eigenvalue weighted by molar-refractivity contribution is -0.00768. The molecule has 0 radical (unpaired) electrons. The van der Waals surface area contributed by atoms with Gasteiger partial charge in [0, 0.05) is 6.54 Å². The largest absolute Gasteiger partial charge is 0.398 e. The van der Waals surface area contributed by atoms with E-state index < -0.39 is 15.6 Å². The summed E-state index contributed by atoms with van der Waals surface area (Å²) in [6.45, 7) is 6.74. The molecule has 19 heavy (non-hydrogen) atoms. The number of nitrogens with zero attached hydrogens (tertiary/aromatic N) is 1. The van der Waals surface area contributed by atoms with E-state index in [1.807, 2.05) is 20.8 Å². The van der Waals surface area contributed by atoms with Crippen molar-refractivity contribution in [2.75, 3.05) is 25.5 Å². The van der Waals surface area contributed by atoms with Crippen molar-refractivity contribution < 1.29 is 13.2 Å². The molecule has 2 N–H and O–H groups in total. The Morgan fingerprint density at radius 3 is 2.63 bits per heavy atom. The zero-order valence-electron chi connectivity index (χ0n) is 11.5. The zero-order valence-corrected chi connectivity index (χ0v) is 12.3. The fourth-order valence-electron chi connectivity index (χ4n) is 2.31. The van der Waals surface area contributed by atoms with Crippen molar-refractivity contribution in [2.24, 2.45) is 0 Å². The Morgan fingerprint density at radius 1 is 1.37 bits per heavy atom. The van der Waals surface area contributed by atoms with Gasteiger partial charge >= 0.3 is 0 Å². The molecule has 1 heterocycles. The number of nitrogens with two attached hydrogens (primary N) is 1. The third-order valence-electron chi connectivity index (χ3n) is 3.30. The zero-order chi connectivity index (χ0) is 14.3. The Morgan fingerprint density at radius 2 is 2.05 bits per heavy atom. The molecule has 0 saturated carbocycles. The van der Waals surface area contributed by atoms with Crippen LogP contribution >= 0.6 is 0 Å². The van der Waals surface area contributed by atoms with Crippen LogP contribution in [-0.2, 0) is 14.8 Å². The highest BCUT2D eigenvalue weighted by atomic mass is 32.2. The summed E-state index contributed by atoms with van der Waals surface area (Å²) >= 11 is 0. The van der Waals surface area contributed by atoms with Crippen molar-refractivity contribution in [1.82, 2.24) is 4.31 Å². The van der Waals surface area contributed by atoms with E-state index in [2.05, 4.69) is 0 Å². The van der Waals surface area contributed by atoms with Crippen LogP contribution in [0.25, 0.3) is 0 Å². The Hall–Kier alpha value is -1.11. The van der Waals surface area contributed by atoms with Crippen LogP contribution in [0.5, 0.6) is 0 Å². The van der Waals surface area contributed by atoms with Crippen LogP contribution in [0.2, 0.25) is 0 Å². The molecule has 6 heteroatoms. The summed E-state index contributed by atoms with van der Waals surface area (Å²) in [6, 6.07) is 5.02. The monoisotopic (exact) mass is 284 g/mol. The normalized spacial score (nSPS) is 20.4. The van der Waals surface area contributed by atoms with Crippen LogP contribution < -0.4 is 5.73 Å². The first kappa shape index (κ1) is 14.3. The van der Waals surface area contributed by atoms with Crippen molar-refractivity contribution in [3.8, 4) is 0 Å². The predicted molar refractivity (Wildman–Crippen MR) is 74.4 cm³/mol. The summed E-state index contributed by atoms with van der Waals surface area (Å²) in [5, 5.41) is 0. The molecule has 0 bridgehead atoms. The lowest BCUT2D eigenvalue weighted by atomic mass is 10.1. The first-order chi connectivity index (χ1) is 8.75. The number of hydrogen-bond donors (Lipinski definition) is 1. The van der Waals surface area contributed by atoms with Gasteiger partial charge in [-0.3, -0.25) is 0 Å². The van der Waals surface area contributed by atoms with Gasteiger partial charge in [-0.25, -0.2) is 8.42 Å². The third-order valence-corrected chi connectivity index (χ3v) is 5.49. The van der Waals surface area contributed by atoms with Gasteiger partial charge in [0.05, 0.1) is 24.4 Å². The van der Waals surface area contributed by atoms with E-state index in [0.717, 1.165) is 5.56 Å². The van der Waals surface area contributed by atoms with E-state index in [-0.39, 0.29) is 4.90 Å². The first-order valence-electron chi connectivity index (χ1n) is 6.22. The predicted octanol–water partition coefficient (Wildman–Crippen LogP) is 1.38. The molecule has 1 saturated heterocycles. The van der Waals surface area contributed by atoms with Gasteiger partial charge in [0.2, 0.25) is 10.0 Å². The molecule has 0 unspecified atom stereocenters. The van der Waals surface area contributed by atoms with Crippen molar-refractivity contribution >= 4 is 15.7 Å². The van der Waals surface area contributed by atoms with Gasteiger partial charge in [-0.15, -0.1) is 0 Å². The lowest BCUT2D eigenvalue weighted by Crippen LogP contribution is -2.55. The number of nitrogen functional groups attached to an aromatic ring is 1. The Balaban J connectivity index is 2.47. The molecular formula is C13H20N2O3S. The topological polar surface area (TPSA) is 72.6 Å². The number of morpholine rings is 1. The summed E-state index contributed by atoms with van der Waals surface area (Å²) < 4.78 is 32.3. The Labute approximate surface area is 114 Å². The number of sulfonamides is 1. The second kappa shape index (κ2) is 4.77. The van der Waals surface area contributed by atoms with Crippen LogP contribution in [0.3, 0.4) is 0 Å². The average Bonchev–Trinajstić information content (AvgIpc) is 2.27. The molecule has 1 aromatic carbocycles. The fourth-order valence-corrected chi connectivity index (χ4v) is 4.16.